The topological polar surface area (TPSA) is 61.4 Å². The van der Waals surface area contributed by atoms with E-state index in [1.54, 1.807) is 18.2 Å². The molecule has 2 N–H and O–H groups in total. The second-order valence-electron chi connectivity index (χ2n) is 9.36. The van der Waals surface area contributed by atoms with Crippen LogP contribution in [0.15, 0.2) is 36.4 Å². The number of fused-ring (bicyclic) bond motifs is 1. The summed E-state index contributed by atoms with van der Waals surface area (Å²) in [7, 11) is 1.83. The van der Waals surface area contributed by atoms with Crippen molar-refractivity contribution in [2.24, 2.45) is 5.92 Å². The van der Waals surface area contributed by atoms with Gasteiger partial charge in [-0.05, 0) is 74.1 Å². The summed E-state index contributed by atoms with van der Waals surface area (Å²) in [6.07, 6.45) is -3.21. The summed E-state index contributed by atoms with van der Waals surface area (Å²) >= 11 is 0. The number of nitrogens with zero attached hydrogens (tertiary/aromatic N) is 1. The van der Waals surface area contributed by atoms with Crippen LogP contribution in [-0.2, 0) is 11.0 Å². The summed E-state index contributed by atoms with van der Waals surface area (Å²) in [5, 5.41) is 6.02. The average molecular weight is 478 g/mol. The number of likely N-dealkylation sites (N-methyl/N-ethyl adjacent to an activating group) is 1. The minimum Gasteiger partial charge on any atom is -0.342 e. The number of likely N-dealkylation sites (tertiary alicyclic amines) is 1. The van der Waals surface area contributed by atoms with Crippen molar-refractivity contribution in [3.63, 3.8) is 0 Å². The van der Waals surface area contributed by atoms with E-state index in [1.165, 1.54) is 0 Å². The molecular formula is C25H27F4N3O2. The first kappa shape index (κ1) is 24.2. The van der Waals surface area contributed by atoms with Crippen molar-refractivity contribution < 1.29 is 27.2 Å². The Morgan fingerprint density at radius 1 is 1.15 bits per heavy atom. The van der Waals surface area contributed by atoms with E-state index in [1.807, 2.05) is 18.9 Å². The second-order valence-corrected chi connectivity index (χ2v) is 9.36. The van der Waals surface area contributed by atoms with E-state index in [-0.39, 0.29) is 17.9 Å². The Bertz CT molecular complexity index is 1120. The number of nitrogens with one attached hydrogen (secondary N) is 2. The number of piperidine rings is 2. The highest BCUT2D eigenvalue weighted by molar-refractivity contribution is 6.04. The molecule has 4 unspecified atom stereocenters. The highest BCUT2D eigenvalue weighted by Crippen LogP contribution is 2.39. The van der Waals surface area contributed by atoms with Crippen LogP contribution in [0.2, 0.25) is 0 Å². The van der Waals surface area contributed by atoms with Gasteiger partial charge in [0.1, 0.15) is 5.82 Å². The fraction of sp³-hybridized carbons (Fsp3) is 0.440. The van der Waals surface area contributed by atoms with Crippen molar-refractivity contribution in [3.8, 4) is 0 Å². The van der Waals surface area contributed by atoms with Crippen molar-refractivity contribution in [2.45, 2.75) is 50.9 Å². The van der Waals surface area contributed by atoms with Crippen LogP contribution in [0.1, 0.15) is 52.7 Å². The lowest BCUT2D eigenvalue weighted by Crippen LogP contribution is -2.57. The Hall–Kier alpha value is -2.94. The van der Waals surface area contributed by atoms with Gasteiger partial charge in [0.2, 0.25) is 5.91 Å². The fourth-order valence-corrected chi connectivity index (χ4v) is 5.10. The second kappa shape index (κ2) is 9.02. The summed E-state index contributed by atoms with van der Waals surface area (Å²) in [6, 6.07) is 7.31. The van der Waals surface area contributed by atoms with Gasteiger partial charge in [-0.2, -0.15) is 13.2 Å². The molecule has 34 heavy (non-hydrogen) atoms. The number of benzene rings is 2. The molecule has 2 heterocycles. The Balaban J connectivity index is 1.58. The summed E-state index contributed by atoms with van der Waals surface area (Å²) in [5.74, 6) is -2.08. The highest BCUT2D eigenvalue weighted by Gasteiger charge is 2.43. The molecule has 0 spiro atoms. The van der Waals surface area contributed by atoms with Gasteiger partial charge in [0.05, 0.1) is 11.5 Å². The third-order valence-electron chi connectivity index (χ3n) is 6.95. The number of carbonyl (C=O) groups is 2. The molecule has 0 bridgehead atoms. The number of rotatable bonds is 3. The maximum absolute atomic E-state index is 13.7. The molecule has 4 rings (SSSR count). The zero-order valence-corrected chi connectivity index (χ0v) is 19.2. The van der Waals surface area contributed by atoms with Gasteiger partial charge in [-0.25, -0.2) is 4.39 Å². The van der Waals surface area contributed by atoms with Crippen molar-refractivity contribution in [2.75, 3.05) is 18.9 Å². The normalized spacial score (nSPS) is 25.1. The van der Waals surface area contributed by atoms with Crippen molar-refractivity contribution in [1.82, 2.24) is 10.2 Å². The molecule has 0 aliphatic carbocycles. The third-order valence-corrected chi connectivity index (χ3v) is 6.95. The highest BCUT2D eigenvalue weighted by atomic mass is 19.4. The van der Waals surface area contributed by atoms with Gasteiger partial charge >= 0.3 is 6.18 Å². The lowest BCUT2D eigenvalue weighted by Gasteiger charge is -2.47. The van der Waals surface area contributed by atoms with Crippen LogP contribution in [0.5, 0.6) is 0 Å². The van der Waals surface area contributed by atoms with E-state index in [0.29, 0.717) is 36.2 Å². The first-order valence-electron chi connectivity index (χ1n) is 11.2. The quantitative estimate of drug-likeness (QED) is 0.629. The van der Waals surface area contributed by atoms with Crippen LogP contribution in [0.3, 0.4) is 0 Å². The van der Waals surface area contributed by atoms with Crippen LogP contribution in [0.25, 0.3) is 0 Å². The SMILES string of the molecule is Cc1ccc(NC(=O)c2cc(F)cc(C(F)(F)F)c2)cc1C1CC2CNC(C)CC2N(C)C1=O. The number of halogens is 4. The maximum Gasteiger partial charge on any atom is 0.416 e. The zero-order valence-electron chi connectivity index (χ0n) is 19.2. The standard InChI is InChI=1S/C25H27F4N3O2/c1-13-4-5-19(31-23(33)15-7-17(25(27,28)29)10-18(26)8-15)11-20(13)21-9-16-12-30-14(2)6-22(16)32(3)24(21)34/h4-5,7-8,10-11,14,16,21-22,30H,6,9,12H2,1-3H3,(H,31,33). The summed E-state index contributed by atoms with van der Waals surface area (Å²) in [6.45, 7) is 4.80. The molecule has 0 radical (unpaired) electrons. The maximum atomic E-state index is 13.7. The molecule has 2 amide bonds. The molecule has 5 nitrogen and oxygen atoms in total. The molecule has 9 heteroatoms. The Morgan fingerprint density at radius 3 is 2.59 bits per heavy atom. The van der Waals surface area contributed by atoms with Gasteiger partial charge in [-0.3, -0.25) is 9.59 Å². The molecule has 4 atom stereocenters. The van der Waals surface area contributed by atoms with Crippen molar-refractivity contribution >= 4 is 17.5 Å². The molecule has 2 aromatic carbocycles. The van der Waals surface area contributed by atoms with Gasteiger partial charge in [0.15, 0.2) is 0 Å². The van der Waals surface area contributed by atoms with Crippen LogP contribution in [0, 0.1) is 18.7 Å². The third kappa shape index (κ3) is 4.80. The molecular weight excluding hydrogens is 450 g/mol. The van der Waals surface area contributed by atoms with Gasteiger partial charge in [-0.15, -0.1) is 0 Å². The average Bonchev–Trinajstić information content (AvgIpc) is 2.77. The summed E-state index contributed by atoms with van der Waals surface area (Å²) in [5.41, 5.74) is 0.306. The van der Waals surface area contributed by atoms with Gasteiger partial charge in [0.25, 0.3) is 5.91 Å². The van der Waals surface area contributed by atoms with E-state index in [4.69, 9.17) is 0 Å². The number of alkyl halides is 3. The minimum absolute atomic E-state index is 0.0156. The summed E-state index contributed by atoms with van der Waals surface area (Å²) < 4.78 is 52.8. The monoisotopic (exact) mass is 477 g/mol. The van der Waals surface area contributed by atoms with Crippen molar-refractivity contribution in [3.05, 3.63) is 64.5 Å². The molecule has 2 saturated heterocycles. The lowest BCUT2D eigenvalue weighted by molar-refractivity contribution is -0.140. The van der Waals surface area contributed by atoms with E-state index in [2.05, 4.69) is 17.6 Å². The van der Waals surface area contributed by atoms with Gasteiger partial charge in [-0.1, -0.05) is 6.07 Å². The first-order valence-corrected chi connectivity index (χ1v) is 11.2. The smallest absolute Gasteiger partial charge is 0.342 e. The Labute approximate surface area is 195 Å². The molecule has 0 aromatic heterocycles. The van der Waals surface area contributed by atoms with Crippen LogP contribution < -0.4 is 10.6 Å². The lowest BCUT2D eigenvalue weighted by atomic mass is 9.75. The van der Waals surface area contributed by atoms with E-state index in [9.17, 15) is 27.2 Å². The number of amides is 2. The molecule has 2 aromatic rings. The number of hydrogen-bond acceptors (Lipinski definition) is 3. The van der Waals surface area contributed by atoms with Crippen molar-refractivity contribution in [1.29, 1.82) is 0 Å². The number of carbonyl (C=O) groups excluding carboxylic acids is 2. The number of anilines is 1. The molecule has 2 aliphatic rings. The minimum atomic E-state index is -4.77. The predicted octanol–water partition coefficient (Wildman–Crippen LogP) is 4.72. The number of aryl methyl sites for hydroxylation is 1. The molecule has 0 saturated carbocycles. The van der Waals surface area contributed by atoms with Gasteiger partial charge in [0, 0.05) is 36.9 Å². The fourth-order valence-electron chi connectivity index (χ4n) is 5.10. The number of hydrogen-bond donors (Lipinski definition) is 2. The van der Waals surface area contributed by atoms with E-state index < -0.39 is 29.0 Å². The van der Waals surface area contributed by atoms with Gasteiger partial charge < -0.3 is 15.5 Å². The van der Waals surface area contributed by atoms with E-state index >= 15 is 0 Å². The zero-order chi connectivity index (χ0) is 24.8. The first-order chi connectivity index (χ1) is 15.9. The Kier molecular flexibility index (Phi) is 6.42. The summed E-state index contributed by atoms with van der Waals surface area (Å²) in [4.78, 5) is 27.7. The predicted molar refractivity (Wildman–Crippen MR) is 120 cm³/mol. The molecule has 182 valence electrons. The van der Waals surface area contributed by atoms with Crippen LogP contribution in [-0.4, -0.2) is 42.4 Å². The molecule has 2 aliphatic heterocycles. The van der Waals surface area contributed by atoms with Crippen LogP contribution in [0.4, 0.5) is 23.2 Å². The van der Waals surface area contributed by atoms with Crippen LogP contribution >= 0.6 is 0 Å². The molecule has 2 fully saturated rings. The van der Waals surface area contributed by atoms with E-state index in [0.717, 1.165) is 30.2 Å². The Morgan fingerprint density at radius 2 is 1.88 bits per heavy atom. The largest absolute Gasteiger partial charge is 0.416 e.